The van der Waals surface area contributed by atoms with Crippen LogP contribution in [0.3, 0.4) is 0 Å². The number of ether oxygens (including phenoxy) is 1. The molecule has 10 nitrogen and oxygen atoms in total. The van der Waals surface area contributed by atoms with Gasteiger partial charge >= 0.3 is 0 Å². The zero-order chi connectivity index (χ0) is 24.2. The summed E-state index contributed by atoms with van der Waals surface area (Å²) in [4.78, 5) is 28.1. The third-order valence-electron chi connectivity index (χ3n) is 5.70. The van der Waals surface area contributed by atoms with Crippen LogP contribution in [0.1, 0.15) is 37.6 Å². The van der Waals surface area contributed by atoms with Crippen LogP contribution in [0, 0.1) is 16.7 Å². The molecule has 0 aliphatic heterocycles. The molecule has 10 heteroatoms. The maximum absolute atomic E-state index is 12.2. The number of anilines is 1. The number of amides is 2. The summed E-state index contributed by atoms with van der Waals surface area (Å²) in [6.07, 6.45) is 4.78. The molecule has 3 aromatic heterocycles. The van der Waals surface area contributed by atoms with E-state index < -0.39 is 11.3 Å². The van der Waals surface area contributed by atoms with Crippen LogP contribution in [0.15, 0.2) is 36.8 Å². The number of fused-ring (bicyclic) bond motifs is 1. The number of nitrogens with zero attached hydrogens (tertiary/aromatic N) is 4. The van der Waals surface area contributed by atoms with Crippen LogP contribution in [-0.4, -0.2) is 46.1 Å². The molecule has 0 aromatic carbocycles. The van der Waals surface area contributed by atoms with E-state index in [4.69, 9.17) is 15.7 Å². The summed E-state index contributed by atoms with van der Waals surface area (Å²) >= 11 is 0. The number of hydrogen-bond donors (Lipinski definition) is 3. The molecule has 2 amide bonds. The maximum atomic E-state index is 12.2. The van der Waals surface area contributed by atoms with Gasteiger partial charge in [0.05, 0.1) is 36.1 Å². The molecule has 1 unspecified atom stereocenters. The molecular formula is C23H27N7O3. The van der Waals surface area contributed by atoms with E-state index >= 15 is 0 Å². The molecule has 4 N–H and O–H groups in total. The Hall–Kier alpha value is -4.13. The number of methoxy groups -OCH3 is 1. The number of carbonyl (C=O) groups is 2. The summed E-state index contributed by atoms with van der Waals surface area (Å²) in [7, 11) is 1.56. The summed E-state index contributed by atoms with van der Waals surface area (Å²) in [6, 6.07) is 7.22. The summed E-state index contributed by atoms with van der Waals surface area (Å²) < 4.78 is 6.79. The molecule has 0 spiro atoms. The van der Waals surface area contributed by atoms with Crippen molar-refractivity contribution in [1.82, 2.24) is 19.9 Å². The molecule has 3 rings (SSSR count). The first-order chi connectivity index (χ1) is 15.7. The Labute approximate surface area is 191 Å². The van der Waals surface area contributed by atoms with Crippen molar-refractivity contribution in [3.05, 3.63) is 42.4 Å². The Morgan fingerprint density at radius 3 is 2.67 bits per heavy atom. The summed E-state index contributed by atoms with van der Waals surface area (Å²) in [5.41, 5.74) is 8.43. The van der Waals surface area contributed by atoms with Gasteiger partial charge in [-0.15, -0.1) is 0 Å². The first-order valence-electron chi connectivity index (χ1n) is 10.4. The molecule has 0 fully saturated rings. The van der Waals surface area contributed by atoms with Crippen LogP contribution in [-0.2, 0) is 4.79 Å². The maximum Gasteiger partial charge on any atom is 0.252 e. The average molecular weight is 450 g/mol. The molecule has 172 valence electrons. The van der Waals surface area contributed by atoms with Crippen molar-refractivity contribution in [2.24, 2.45) is 11.1 Å². The van der Waals surface area contributed by atoms with Crippen molar-refractivity contribution >= 4 is 23.0 Å². The fourth-order valence-electron chi connectivity index (χ4n) is 3.25. The van der Waals surface area contributed by atoms with Gasteiger partial charge in [-0.2, -0.15) is 10.4 Å². The van der Waals surface area contributed by atoms with Gasteiger partial charge in [-0.05, 0) is 19.1 Å². The first-order valence-corrected chi connectivity index (χ1v) is 10.4. The van der Waals surface area contributed by atoms with Gasteiger partial charge in [-0.25, -0.2) is 9.50 Å². The van der Waals surface area contributed by atoms with Crippen molar-refractivity contribution in [2.75, 3.05) is 19.0 Å². The summed E-state index contributed by atoms with van der Waals surface area (Å²) in [5, 5.41) is 19.2. The number of rotatable bonds is 9. The van der Waals surface area contributed by atoms with E-state index in [0.717, 1.165) is 11.1 Å². The topological polar surface area (TPSA) is 147 Å². The lowest BCUT2D eigenvalue weighted by molar-refractivity contribution is -0.120. The van der Waals surface area contributed by atoms with Crippen molar-refractivity contribution in [1.29, 1.82) is 5.26 Å². The Kier molecular flexibility index (Phi) is 6.82. The van der Waals surface area contributed by atoms with Gasteiger partial charge in [0, 0.05) is 47.6 Å². The highest BCUT2D eigenvalue weighted by Gasteiger charge is 2.28. The van der Waals surface area contributed by atoms with E-state index in [1.807, 2.05) is 45.2 Å². The lowest BCUT2D eigenvalue weighted by atomic mass is 9.85. The molecule has 0 saturated heterocycles. The predicted octanol–water partition coefficient (Wildman–Crippen LogP) is 2.36. The van der Waals surface area contributed by atoms with E-state index in [1.165, 1.54) is 6.20 Å². The predicted molar refractivity (Wildman–Crippen MR) is 124 cm³/mol. The molecule has 3 heterocycles. The second-order valence-electron chi connectivity index (χ2n) is 8.41. The molecule has 0 bridgehead atoms. The molecule has 33 heavy (non-hydrogen) atoms. The number of nitrogens with one attached hydrogen (secondary N) is 2. The molecule has 0 saturated carbocycles. The second kappa shape index (κ2) is 9.56. The van der Waals surface area contributed by atoms with E-state index in [1.54, 1.807) is 23.9 Å². The molecule has 0 radical (unpaired) electrons. The highest BCUT2D eigenvalue weighted by Crippen LogP contribution is 2.31. The monoisotopic (exact) mass is 449 g/mol. The van der Waals surface area contributed by atoms with E-state index in [0.29, 0.717) is 23.6 Å². The van der Waals surface area contributed by atoms with Gasteiger partial charge in [0.25, 0.3) is 5.91 Å². The molecule has 3 aromatic rings. The number of hydrogen-bond acceptors (Lipinski definition) is 7. The zero-order valence-electron chi connectivity index (χ0n) is 19.0. The first kappa shape index (κ1) is 23.5. The van der Waals surface area contributed by atoms with Crippen molar-refractivity contribution < 1.29 is 14.3 Å². The van der Waals surface area contributed by atoms with Crippen LogP contribution in [0.4, 0.5) is 5.69 Å². The van der Waals surface area contributed by atoms with Crippen molar-refractivity contribution in [2.45, 2.75) is 33.2 Å². The number of carbonyl (C=O) groups excluding carboxylic acids is 2. The van der Waals surface area contributed by atoms with Crippen LogP contribution in [0.5, 0.6) is 5.88 Å². The Morgan fingerprint density at radius 2 is 2.06 bits per heavy atom. The summed E-state index contributed by atoms with van der Waals surface area (Å²) in [6.45, 7) is 6.26. The number of primary amides is 1. The average Bonchev–Trinajstić information content (AvgIpc) is 3.23. The van der Waals surface area contributed by atoms with Crippen LogP contribution < -0.4 is 21.1 Å². The standard InChI is InChI=1S/C23H27N7O3/c1-14(23(2,3)13-27-19(31)7-8-24)29-21-17(22(25)32)11-28-30-12-16(9-18(21)30)15-5-6-20(33-4)26-10-15/h5-6,9-12,14,29H,7,13H2,1-4H3,(H2,25,32)(H,27,31). The number of nitriles is 1. The van der Waals surface area contributed by atoms with E-state index in [-0.39, 0.29) is 23.9 Å². The highest BCUT2D eigenvalue weighted by molar-refractivity contribution is 6.02. The number of aromatic nitrogens is 3. The minimum absolute atomic E-state index is 0.176. The molecule has 0 aliphatic rings. The Balaban J connectivity index is 1.95. The third-order valence-corrected chi connectivity index (χ3v) is 5.70. The lowest BCUT2D eigenvalue weighted by Gasteiger charge is -2.33. The van der Waals surface area contributed by atoms with Crippen LogP contribution >= 0.6 is 0 Å². The van der Waals surface area contributed by atoms with Gasteiger partial charge in [0.15, 0.2) is 0 Å². The van der Waals surface area contributed by atoms with Gasteiger partial charge in [-0.1, -0.05) is 13.8 Å². The number of nitrogens with two attached hydrogens (primary N) is 1. The fraction of sp³-hybridized carbons (Fsp3) is 0.348. The SMILES string of the molecule is COc1ccc(-c2cc3c(NC(C)C(C)(C)CNC(=O)CC#N)c(C(N)=O)cnn3c2)cn1. The minimum Gasteiger partial charge on any atom is -0.481 e. The van der Waals surface area contributed by atoms with Gasteiger partial charge in [0.2, 0.25) is 11.8 Å². The molecule has 0 aliphatic carbocycles. The fourth-order valence-corrected chi connectivity index (χ4v) is 3.25. The normalized spacial score (nSPS) is 12.1. The quantitative estimate of drug-likeness (QED) is 0.454. The van der Waals surface area contributed by atoms with Crippen molar-refractivity contribution in [3.63, 3.8) is 0 Å². The Bertz CT molecular complexity index is 1210. The second-order valence-corrected chi connectivity index (χ2v) is 8.41. The lowest BCUT2D eigenvalue weighted by Crippen LogP contribution is -2.43. The number of pyridine rings is 1. The zero-order valence-corrected chi connectivity index (χ0v) is 19.0. The van der Waals surface area contributed by atoms with Crippen LogP contribution in [0.25, 0.3) is 16.6 Å². The molecular weight excluding hydrogens is 422 g/mol. The highest BCUT2D eigenvalue weighted by atomic mass is 16.5. The smallest absolute Gasteiger partial charge is 0.252 e. The van der Waals surface area contributed by atoms with Gasteiger partial charge in [-0.3, -0.25) is 9.59 Å². The van der Waals surface area contributed by atoms with Crippen LogP contribution in [0.2, 0.25) is 0 Å². The minimum atomic E-state index is -0.603. The summed E-state index contributed by atoms with van der Waals surface area (Å²) in [5.74, 6) is -0.420. The van der Waals surface area contributed by atoms with Gasteiger partial charge < -0.3 is 21.1 Å². The Morgan fingerprint density at radius 1 is 1.30 bits per heavy atom. The van der Waals surface area contributed by atoms with E-state index in [9.17, 15) is 9.59 Å². The van der Waals surface area contributed by atoms with Gasteiger partial charge in [0.1, 0.15) is 6.42 Å². The van der Waals surface area contributed by atoms with E-state index in [2.05, 4.69) is 20.7 Å². The van der Waals surface area contributed by atoms with Crippen molar-refractivity contribution in [3.8, 4) is 23.1 Å². The molecule has 1 atom stereocenters. The third kappa shape index (κ3) is 5.20. The largest absolute Gasteiger partial charge is 0.481 e.